The van der Waals surface area contributed by atoms with Crippen molar-refractivity contribution in [2.45, 2.75) is 76.8 Å². The predicted molar refractivity (Wildman–Crippen MR) is 103 cm³/mol. The molecule has 0 unspecified atom stereocenters. The molecule has 0 spiro atoms. The minimum absolute atomic E-state index is 0.0209. The number of rotatable bonds is 5. The smallest absolute Gasteiger partial charge is 0.223 e. The van der Waals surface area contributed by atoms with E-state index in [-0.39, 0.29) is 29.5 Å². The van der Waals surface area contributed by atoms with Gasteiger partial charge in [-0.05, 0) is 56.2 Å². The summed E-state index contributed by atoms with van der Waals surface area (Å²) in [6.45, 7) is 0.418. The fraction of sp³-hybridized carbons (Fsp3) is 0.636. The van der Waals surface area contributed by atoms with E-state index < -0.39 is 0 Å². The molecule has 0 saturated heterocycles. The topological polar surface area (TPSA) is 58.2 Å². The first-order valence-corrected chi connectivity index (χ1v) is 10.4. The molecule has 0 aliphatic heterocycles. The number of hydrogen-bond acceptors (Lipinski definition) is 2. The zero-order valence-corrected chi connectivity index (χ0v) is 16.0. The maximum absolute atomic E-state index is 12.9. The molecular weight excluding hydrogens is 343 g/mol. The van der Waals surface area contributed by atoms with E-state index in [2.05, 4.69) is 10.6 Å². The van der Waals surface area contributed by atoms with Crippen molar-refractivity contribution < 1.29 is 14.0 Å². The van der Waals surface area contributed by atoms with E-state index >= 15 is 0 Å². The zero-order chi connectivity index (χ0) is 19.1. The van der Waals surface area contributed by atoms with E-state index in [1.807, 2.05) is 0 Å². The summed E-state index contributed by atoms with van der Waals surface area (Å²) in [7, 11) is 0. The van der Waals surface area contributed by atoms with Crippen LogP contribution in [-0.4, -0.2) is 17.9 Å². The minimum Gasteiger partial charge on any atom is -0.353 e. The molecule has 2 amide bonds. The molecule has 2 fully saturated rings. The summed E-state index contributed by atoms with van der Waals surface area (Å²) in [5.41, 5.74) is 0.890. The molecule has 4 nitrogen and oxygen atoms in total. The van der Waals surface area contributed by atoms with Crippen LogP contribution in [0.15, 0.2) is 24.3 Å². The van der Waals surface area contributed by atoms with Crippen LogP contribution in [0.4, 0.5) is 4.39 Å². The number of carbonyl (C=O) groups is 2. The molecule has 148 valence electrons. The van der Waals surface area contributed by atoms with Crippen molar-refractivity contribution in [1.29, 1.82) is 0 Å². The van der Waals surface area contributed by atoms with Crippen LogP contribution >= 0.6 is 0 Å². The van der Waals surface area contributed by atoms with E-state index in [9.17, 15) is 14.0 Å². The fourth-order valence-electron chi connectivity index (χ4n) is 4.30. The standard InChI is InChI=1S/C22H31FN2O2/c23-19-13-7-16(8-14-19)15-24-21(26)17-9-11-18(12-10-17)22(27)25-20-5-3-1-2-4-6-20/h7-8,13-14,17-18,20H,1-6,9-12,15H2,(H,24,26)(H,25,27). The van der Waals surface area contributed by atoms with Crippen LogP contribution in [0, 0.1) is 17.7 Å². The van der Waals surface area contributed by atoms with Crippen molar-refractivity contribution in [1.82, 2.24) is 10.6 Å². The van der Waals surface area contributed by atoms with Crippen LogP contribution in [0.1, 0.15) is 69.8 Å². The molecule has 2 saturated carbocycles. The van der Waals surface area contributed by atoms with E-state index in [4.69, 9.17) is 0 Å². The second-order valence-corrected chi connectivity index (χ2v) is 8.09. The lowest BCUT2D eigenvalue weighted by Crippen LogP contribution is -2.41. The average Bonchev–Trinajstić information content (AvgIpc) is 2.96. The second-order valence-electron chi connectivity index (χ2n) is 8.09. The molecular formula is C22H31FN2O2. The van der Waals surface area contributed by atoms with Crippen molar-refractivity contribution >= 4 is 11.8 Å². The number of hydrogen-bond donors (Lipinski definition) is 2. The quantitative estimate of drug-likeness (QED) is 0.763. The molecule has 1 aromatic carbocycles. The summed E-state index contributed by atoms with van der Waals surface area (Å²) in [5, 5.41) is 6.20. The van der Waals surface area contributed by atoms with Gasteiger partial charge in [-0.2, -0.15) is 0 Å². The average molecular weight is 375 g/mol. The maximum Gasteiger partial charge on any atom is 0.223 e. The van der Waals surface area contributed by atoms with Crippen LogP contribution in [0.2, 0.25) is 0 Å². The Bertz CT molecular complexity index is 616. The Morgan fingerprint density at radius 2 is 1.37 bits per heavy atom. The first kappa shape index (κ1) is 19.8. The van der Waals surface area contributed by atoms with Gasteiger partial charge in [0.2, 0.25) is 11.8 Å². The van der Waals surface area contributed by atoms with Crippen LogP contribution in [0.5, 0.6) is 0 Å². The van der Waals surface area contributed by atoms with Crippen molar-refractivity contribution in [3.63, 3.8) is 0 Å². The Balaban J connectivity index is 1.39. The third kappa shape index (κ3) is 6.05. The molecule has 27 heavy (non-hydrogen) atoms. The zero-order valence-electron chi connectivity index (χ0n) is 16.0. The summed E-state index contributed by atoms with van der Waals surface area (Å²) in [4.78, 5) is 24.9. The second kappa shape index (κ2) is 9.86. The van der Waals surface area contributed by atoms with Gasteiger partial charge in [-0.1, -0.05) is 37.8 Å². The summed E-state index contributed by atoms with van der Waals surface area (Å²) in [6.07, 6.45) is 10.3. The number of halogens is 1. The summed E-state index contributed by atoms with van der Waals surface area (Å²) in [6, 6.07) is 6.52. The first-order valence-electron chi connectivity index (χ1n) is 10.4. The Labute approximate surface area is 161 Å². The molecule has 3 rings (SSSR count). The van der Waals surface area contributed by atoms with Gasteiger partial charge in [0, 0.05) is 24.4 Å². The molecule has 0 atom stereocenters. The number of amides is 2. The van der Waals surface area contributed by atoms with Crippen LogP contribution in [0.3, 0.4) is 0 Å². The van der Waals surface area contributed by atoms with E-state index in [1.54, 1.807) is 12.1 Å². The predicted octanol–water partition coefficient (Wildman–Crippen LogP) is 4.09. The lowest BCUT2D eigenvalue weighted by atomic mass is 9.81. The molecule has 1 aromatic rings. The molecule has 2 aliphatic carbocycles. The Morgan fingerprint density at radius 1 is 0.815 bits per heavy atom. The SMILES string of the molecule is O=C(NCc1ccc(F)cc1)C1CCC(C(=O)NC2CCCCCC2)CC1. The van der Waals surface area contributed by atoms with Gasteiger partial charge < -0.3 is 10.6 Å². The Morgan fingerprint density at radius 3 is 1.96 bits per heavy atom. The molecule has 0 aromatic heterocycles. The number of carbonyl (C=O) groups excluding carboxylic acids is 2. The largest absolute Gasteiger partial charge is 0.353 e. The van der Waals surface area contributed by atoms with Crippen molar-refractivity contribution in [2.24, 2.45) is 11.8 Å². The molecule has 0 bridgehead atoms. The lowest BCUT2D eigenvalue weighted by molar-refractivity contribution is -0.131. The van der Waals surface area contributed by atoms with Gasteiger partial charge >= 0.3 is 0 Å². The van der Waals surface area contributed by atoms with Crippen LogP contribution in [0.25, 0.3) is 0 Å². The molecule has 5 heteroatoms. The first-order chi connectivity index (χ1) is 13.1. The highest BCUT2D eigenvalue weighted by Gasteiger charge is 2.30. The maximum atomic E-state index is 12.9. The normalized spacial score (nSPS) is 24.0. The van der Waals surface area contributed by atoms with Gasteiger partial charge in [0.05, 0.1) is 0 Å². The highest BCUT2D eigenvalue weighted by molar-refractivity contribution is 5.81. The molecule has 2 aliphatic rings. The third-order valence-corrected chi connectivity index (χ3v) is 6.05. The fourth-order valence-corrected chi connectivity index (χ4v) is 4.30. The van der Waals surface area contributed by atoms with Crippen molar-refractivity contribution in [3.8, 4) is 0 Å². The molecule has 0 heterocycles. The van der Waals surface area contributed by atoms with Gasteiger partial charge in [0.15, 0.2) is 0 Å². The monoisotopic (exact) mass is 374 g/mol. The lowest BCUT2D eigenvalue weighted by Gasteiger charge is -2.28. The van der Waals surface area contributed by atoms with E-state index in [0.717, 1.165) is 44.1 Å². The highest BCUT2D eigenvalue weighted by atomic mass is 19.1. The van der Waals surface area contributed by atoms with Crippen LogP contribution < -0.4 is 10.6 Å². The van der Waals surface area contributed by atoms with E-state index in [0.29, 0.717) is 12.6 Å². The number of benzene rings is 1. The summed E-state index contributed by atoms with van der Waals surface area (Å²) in [5.74, 6) is -0.0127. The molecule has 2 N–H and O–H groups in total. The van der Waals surface area contributed by atoms with Crippen molar-refractivity contribution in [3.05, 3.63) is 35.6 Å². The Hall–Kier alpha value is -1.91. The van der Waals surface area contributed by atoms with Gasteiger partial charge in [0.25, 0.3) is 0 Å². The van der Waals surface area contributed by atoms with Gasteiger partial charge in [0.1, 0.15) is 5.82 Å². The Kier molecular flexibility index (Phi) is 7.25. The highest BCUT2D eigenvalue weighted by Crippen LogP contribution is 2.29. The number of nitrogens with one attached hydrogen (secondary N) is 2. The minimum atomic E-state index is -0.273. The van der Waals surface area contributed by atoms with Gasteiger partial charge in [-0.25, -0.2) is 4.39 Å². The van der Waals surface area contributed by atoms with Gasteiger partial charge in [-0.3, -0.25) is 9.59 Å². The summed E-state index contributed by atoms with van der Waals surface area (Å²) >= 11 is 0. The summed E-state index contributed by atoms with van der Waals surface area (Å²) < 4.78 is 12.9. The third-order valence-electron chi connectivity index (χ3n) is 6.05. The van der Waals surface area contributed by atoms with Gasteiger partial charge in [-0.15, -0.1) is 0 Å². The molecule has 0 radical (unpaired) electrons. The van der Waals surface area contributed by atoms with Crippen molar-refractivity contribution in [2.75, 3.05) is 0 Å². The van der Waals surface area contributed by atoms with E-state index in [1.165, 1.54) is 37.8 Å². The van der Waals surface area contributed by atoms with Crippen LogP contribution in [-0.2, 0) is 16.1 Å².